The first-order valence-corrected chi connectivity index (χ1v) is 5.95. The average molecular weight is 214 g/mol. The van der Waals surface area contributed by atoms with Gasteiger partial charge in [-0.1, -0.05) is 13.8 Å². The number of ether oxygens (including phenoxy) is 1. The maximum Gasteiger partial charge on any atom is 0.0813 e. The van der Waals surface area contributed by atoms with E-state index in [-0.39, 0.29) is 0 Å². The van der Waals surface area contributed by atoms with Crippen molar-refractivity contribution >= 4 is 0 Å². The lowest BCUT2D eigenvalue weighted by Gasteiger charge is -2.24. The van der Waals surface area contributed by atoms with Crippen LogP contribution in [0.25, 0.3) is 0 Å². The highest BCUT2D eigenvalue weighted by atomic mass is 16.5. The van der Waals surface area contributed by atoms with Gasteiger partial charge in [-0.25, -0.2) is 0 Å². The van der Waals surface area contributed by atoms with Crippen molar-refractivity contribution < 1.29 is 4.74 Å². The molecule has 1 rings (SSSR count). The van der Waals surface area contributed by atoms with Crippen LogP contribution in [-0.4, -0.2) is 32.8 Å². The van der Waals surface area contributed by atoms with Crippen LogP contribution in [0.1, 0.15) is 33.6 Å². The van der Waals surface area contributed by atoms with Crippen LogP contribution in [0.2, 0.25) is 0 Å². The van der Waals surface area contributed by atoms with Crippen molar-refractivity contribution in [1.29, 1.82) is 0 Å². The zero-order chi connectivity index (χ0) is 11.5. The van der Waals surface area contributed by atoms with Crippen LogP contribution in [-0.2, 0) is 4.74 Å². The molecule has 90 valence electrons. The van der Waals surface area contributed by atoms with Gasteiger partial charge >= 0.3 is 0 Å². The first kappa shape index (κ1) is 14.5. The molecule has 0 amide bonds. The van der Waals surface area contributed by atoms with E-state index in [0.29, 0.717) is 6.04 Å². The van der Waals surface area contributed by atoms with Gasteiger partial charge in [-0.3, -0.25) is 0 Å². The molecule has 0 saturated carbocycles. The van der Waals surface area contributed by atoms with Gasteiger partial charge in [-0.15, -0.1) is 0 Å². The second-order valence-corrected chi connectivity index (χ2v) is 3.59. The van der Waals surface area contributed by atoms with E-state index < -0.39 is 0 Å². The zero-order valence-electron chi connectivity index (χ0n) is 10.6. The molecule has 3 heteroatoms. The average Bonchev–Trinajstić information content (AvgIpc) is 2.31. The summed E-state index contributed by atoms with van der Waals surface area (Å²) in [4.78, 5) is 0. The predicted molar refractivity (Wildman–Crippen MR) is 66.0 cm³/mol. The van der Waals surface area contributed by atoms with E-state index in [1.54, 1.807) is 7.11 Å². The molecule has 2 N–H and O–H groups in total. The number of piperazine rings is 1. The zero-order valence-corrected chi connectivity index (χ0v) is 10.6. The smallest absolute Gasteiger partial charge is 0.0813 e. The van der Waals surface area contributed by atoms with Crippen LogP contribution in [0.4, 0.5) is 0 Å². The number of allylic oxidation sites excluding steroid dienone is 1. The molecule has 1 heterocycles. The van der Waals surface area contributed by atoms with E-state index >= 15 is 0 Å². The van der Waals surface area contributed by atoms with Crippen LogP contribution >= 0.6 is 0 Å². The van der Waals surface area contributed by atoms with Crippen molar-refractivity contribution in [3.63, 3.8) is 0 Å². The Kier molecular flexibility index (Phi) is 9.63. The summed E-state index contributed by atoms with van der Waals surface area (Å²) in [6, 6.07) is 0.633. The maximum atomic E-state index is 4.95. The van der Waals surface area contributed by atoms with Gasteiger partial charge in [0.1, 0.15) is 0 Å². The third kappa shape index (κ3) is 7.40. The van der Waals surface area contributed by atoms with E-state index in [1.807, 2.05) is 20.1 Å². The number of hydrogen-bond acceptors (Lipinski definition) is 3. The van der Waals surface area contributed by atoms with Crippen LogP contribution in [0, 0.1) is 0 Å². The number of hydrogen-bond donors (Lipinski definition) is 2. The fourth-order valence-electron chi connectivity index (χ4n) is 1.58. The van der Waals surface area contributed by atoms with Gasteiger partial charge in [0.25, 0.3) is 0 Å². The molecule has 1 fully saturated rings. The standard InChI is InChI=1S/C10H20N2O.C2H6/c1-9(8-13-2)3-4-10-7-11-5-6-12-10;1-2/h8,10-12H,3-7H2,1-2H3;1-2H3/b9-8+;. The van der Waals surface area contributed by atoms with Crippen molar-refractivity contribution in [2.75, 3.05) is 26.7 Å². The normalized spacial score (nSPS) is 21.6. The summed E-state index contributed by atoms with van der Waals surface area (Å²) in [5.74, 6) is 0. The van der Waals surface area contributed by atoms with Crippen molar-refractivity contribution in [3.8, 4) is 0 Å². The quantitative estimate of drug-likeness (QED) is 0.701. The highest BCUT2D eigenvalue weighted by Gasteiger charge is 2.10. The van der Waals surface area contributed by atoms with E-state index in [9.17, 15) is 0 Å². The summed E-state index contributed by atoms with van der Waals surface area (Å²) in [6.45, 7) is 9.40. The summed E-state index contributed by atoms with van der Waals surface area (Å²) in [7, 11) is 1.70. The molecule has 1 unspecified atom stereocenters. The molecule has 0 aromatic carbocycles. The first-order valence-electron chi connectivity index (χ1n) is 5.95. The lowest BCUT2D eigenvalue weighted by molar-refractivity contribution is 0.330. The van der Waals surface area contributed by atoms with Gasteiger partial charge in [-0.2, -0.15) is 0 Å². The van der Waals surface area contributed by atoms with Crippen LogP contribution in [0.3, 0.4) is 0 Å². The fraction of sp³-hybridized carbons (Fsp3) is 0.833. The van der Waals surface area contributed by atoms with Gasteiger partial charge in [0.15, 0.2) is 0 Å². The molecule has 0 radical (unpaired) electrons. The molecule has 15 heavy (non-hydrogen) atoms. The third-order valence-corrected chi connectivity index (χ3v) is 2.33. The Balaban J connectivity index is 0.000000921. The van der Waals surface area contributed by atoms with Gasteiger partial charge < -0.3 is 15.4 Å². The second kappa shape index (κ2) is 9.99. The maximum absolute atomic E-state index is 4.95. The Hall–Kier alpha value is -0.540. The molecule has 1 saturated heterocycles. The predicted octanol–water partition coefficient (Wildman–Crippen LogP) is 1.90. The monoisotopic (exact) mass is 214 g/mol. The Labute approximate surface area is 94.3 Å². The van der Waals surface area contributed by atoms with Crippen molar-refractivity contribution in [1.82, 2.24) is 10.6 Å². The SMILES string of the molecule is CC.CO/C=C(\C)CCC1CNCCN1. The van der Waals surface area contributed by atoms with Gasteiger partial charge in [0.05, 0.1) is 13.4 Å². The van der Waals surface area contributed by atoms with Crippen molar-refractivity contribution in [2.24, 2.45) is 0 Å². The van der Waals surface area contributed by atoms with Crippen molar-refractivity contribution in [3.05, 3.63) is 11.8 Å². The molecule has 0 aromatic rings. The molecule has 0 aliphatic carbocycles. The van der Waals surface area contributed by atoms with E-state index in [0.717, 1.165) is 26.1 Å². The lowest BCUT2D eigenvalue weighted by Crippen LogP contribution is -2.48. The van der Waals surface area contributed by atoms with Crippen LogP contribution in [0.15, 0.2) is 11.8 Å². The molecule has 1 aliphatic rings. The summed E-state index contributed by atoms with van der Waals surface area (Å²) in [5.41, 5.74) is 1.31. The van der Waals surface area contributed by atoms with Crippen molar-refractivity contribution in [2.45, 2.75) is 39.7 Å². The summed E-state index contributed by atoms with van der Waals surface area (Å²) >= 11 is 0. The molecule has 0 bridgehead atoms. The van der Waals surface area contributed by atoms with Gasteiger partial charge in [0.2, 0.25) is 0 Å². The third-order valence-electron chi connectivity index (χ3n) is 2.33. The summed E-state index contributed by atoms with van der Waals surface area (Å²) in [5, 5.41) is 6.86. The second-order valence-electron chi connectivity index (χ2n) is 3.59. The molecule has 1 atom stereocenters. The molecule has 0 aromatic heterocycles. The van der Waals surface area contributed by atoms with Crippen LogP contribution in [0.5, 0.6) is 0 Å². The Morgan fingerprint density at radius 2 is 2.13 bits per heavy atom. The van der Waals surface area contributed by atoms with Gasteiger partial charge in [0, 0.05) is 25.7 Å². The number of rotatable bonds is 4. The molecule has 1 aliphatic heterocycles. The fourth-order valence-corrected chi connectivity index (χ4v) is 1.58. The van der Waals surface area contributed by atoms with E-state index in [4.69, 9.17) is 4.74 Å². The minimum Gasteiger partial charge on any atom is -0.504 e. The first-order chi connectivity index (χ1) is 7.33. The number of methoxy groups -OCH3 is 1. The van der Waals surface area contributed by atoms with Crippen LogP contribution < -0.4 is 10.6 Å². The lowest BCUT2D eigenvalue weighted by atomic mass is 10.1. The minimum atomic E-state index is 0.633. The van der Waals surface area contributed by atoms with E-state index in [2.05, 4.69) is 17.6 Å². The Morgan fingerprint density at radius 3 is 2.67 bits per heavy atom. The molecular formula is C12H26N2O. The Bertz CT molecular complexity index is 163. The topological polar surface area (TPSA) is 33.3 Å². The molecular weight excluding hydrogens is 188 g/mol. The summed E-state index contributed by atoms with van der Waals surface area (Å²) < 4.78 is 4.95. The molecule has 3 nitrogen and oxygen atoms in total. The largest absolute Gasteiger partial charge is 0.504 e. The van der Waals surface area contributed by atoms with E-state index in [1.165, 1.54) is 12.0 Å². The highest BCUT2D eigenvalue weighted by Crippen LogP contribution is 2.07. The summed E-state index contributed by atoms with van der Waals surface area (Å²) in [6.07, 6.45) is 4.14. The minimum absolute atomic E-state index is 0.633. The Morgan fingerprint density at radius 1 is 1.40 bits per heavy atom. The number of nitrogens with one attached hydrogen (secondary N) is 2. The highest BCUT2D eigenvalue weighted by molar-refractivity contribution is 4.94. The molecule has 0 spiro atoms. The van der Waals surface area contributed by atoms with Gasteiger partial charge in [-0.05, 0) is 25.3 Å².